The van der Waals surface area contributed by atoms with Gasteiger partial charge in [-0.1, -0.05) is 24.3 Å². The first-order valence-electron chi connectivity index (χ1n) is 11.0. The lowest BCUT2D eigenvalue weighted by Crippen LogP contribution is -2.44. The van der Waals surface area contributed by atoms with E-state index in [1.165, 1.54) is 24.2 Å². The van der Waals surface area contributed by atoms with Crippen molar-refractivity contribution in [2.45, 2.75) is 20.0 Å². The number of nitrogens with one attached hydrogen (secondary N) is 2. The molecule has 7 heteroatoms. The molecule has 0 saturated carbocycles. The first kappa shape index (κ1) is 22.0. The Hall–Kier alpha value is -1.67. The first-order chi connectivity index (χ1) is 14.2. The van der Waals surface area contributed by atoms with Crippen LogP contribution in [0.3, 0.4) is 0 Å². The quantitative estimate of drug-likeness (QED) is 0.496. The molecule has 1 aromatic carbocycles. The number of nitrogens with zero attached hydrogens (tertiary/aromatic N) is 4. The zero-order chi connectivity index (χ0) is 20.3. The molecule has 2 N–H and O–H groups in total. The largest absolute Gasteiger partial charge is 0.379 e. The molecule has 0 radical (unpaired) electrons. The molecule has 0 atom stereocenters. The molecule has 2 aliphatic heterocycles. The van der Waals surface area contributed by atoms with Gasteiger partial charge in [-0.15, -0.1) is 0 Å². The van der Waals surface area contributed by atoms with Crippen molar-refractivity contribution < 1.29 is 4.74 Å². The molecule has 0 aromatic heterocycles. The molecular weight excluding hydrogens is 364 g/mol. The monoisotopic (exact) mass is 402 g/mol. The van der Waals surface area contributed by atoms with Crippen molar-refractivity contribution >= 4 is 5.96 Å². The highest BCUT2D eigenvalue weighted by molar-refractivity contribution is 5.79. The zero-order valence-corrected chi connectivity index (χ0v) is 18.2. The molecule has 0 unspecified atom stereocenters. The number of guanidine groups is 1. The number of piperazine rings is 1. The Morgan fingerprint density at radius 3 is 2.31 bits per heavy atom. The molecule has 2 fully saturated rings. The van der Waals surface area contributed by atoms with Crippen LogP contribution in [0.25, 0.3) is 0 Å². The molecule has 0 spiro atoms. The number of ether oxygens (including phenoxy) is 1. The standard InChI is InChI=1S/C22H38N6O/c1-3-23-22(24-8-9-27-14-16-29-17-15-27)25-18-20-4-6-21(7-5-20)19-28-12-10-26(2)11-13-28/h4-7H,3,8-19H2,1-2H3,(H2,23,24,25). The van der Waals surface area contributed by atoms with E-state index in [0.29, 0.717) is 6.54 Å². The molecule has 0 bridgehead atoms. The van der Waals surface area contributed by atoms with Crippen LogP contribution in [0.5, 0.6) is 0 Å². The molecule has 3 rings (SSSR count). The van der Waals surface area contributed by atoms with Gasteiger partial charge in [0.15, 0.2) is 5.96 Å². The topological polar surface area (TPSA) is 55.4 Å². The Kier molecular flexibility index (Phi) is 9.21. The Morgan fingerprint density at radius 1 is 0.931 bits per heavy atom. The Bertz CT molecular complexity index is 606. The number of hydrogen-bond acceptors (Lipinski definition) is 5. The zero-order valence-electron chi connectivity index (χ0n) is 18.2. The van der Waals surface area contributed by atoms with Crippen LogP contribution in [0, 0.1) is 0 Å². The fraction of sp³-hybridized carbons (Fsp3) is 0.682. The summed E-state index contributed by atoms with van der Waals surface area (Å²) in [6.07, 6.45) is 0. The van der Waals surface area contributed by atoms with E-state index >= 15 is 0 Å². The minimum absolute atomic E-state index is 0.696. The average Bonchev–Trinajstić information content (AvgIpc) is 2.75. The van der Waals surface area contributed by atoms with E-state index in [1.807, 2.05) is 0 Å². The second-order valence-electron chi connectivity index (χ2n) is 7.97. The summed E-state index contributed by atoms with van der Waals surface area (Å²) >= 11 is 0. The van der Waals surface area contributed by atoms with Gasteiger partial charge in [-0.25, -0.2) is 4.99 Å². The number of benzene rings is 1. The molecule has 7 nitrogen and oxygen atoms in total. The summed E-state index contributed by atoms with van der Waals surface area (Å²) in [5.74, 6) is 0.891. The predicted molar refractivity (Wildman–Crippen MR) is 119 cm³/mol. The van der Waals surface area contributed by atoms with Crippen LogP contribution in [0.2, 0.25) is 0 Å². The number of hydrogen-bond donors (Lipinski definition) is 2. The van der Waals surface area contributed by atoms with Gasteiger partial charge in [0.05, 0.1) is 19.8 Å². The minimum atomic E-state index is 0.696. The Balaban J connectivity index is 1.43. The molecule has 2 heterocycles. The fourth-order valence-electron chi connectivity index (χ4n) is 3.68. The Morgan fingerprint density at radius 2 is 1.62 bits per heavy atom. The lowest BCUT2D eigenvalue weighted by atomic mass is 10.1. The summed E-state index contributed by atoms with van der Waals surface area (Å²) in [6, 6.07) is 8.93. The summed E-state index contributed by atoms with van der Waals surface area (Å²) in [6.45, 7) is 15.0. The molecule has 29 heavy (non-hydrogen) atoms. The van der Waals surface area contributed by atoms with Gasteiger partial charge in [-0.3, -0.25) is 9.80 Å². The molecule has 0 amide bonds. The van der Waals surface area contributed by atoms with Crippen molar-refractivity contribution in [2.75, 3.05) is 79.2 Å². The molecular formula is C22H38N6O. The third-order valence-corrected chi connectivity index (χ3v) is 5.61. The highest BCUT2D eigenvalue weighted by atomic mass is 16.5. The van der Waals surface area contributed by atoms with Crippen LogP contribution in [0.1, 0.15) is 18.1 Å². The van der Waals surface area contributed by atoms with E-state index in [2.05, 4.69) is 63.6 Å². The fourth-order valence-corrected chi connectivity index (χ4v) is 3.68. The molecule has 1 aromatic rings. The number of morpholine rings is 1. The maximum atomic E-state index is 5.41. The maximum absolute atomic E-state index is 5.41. The van der Waals surface area contributed by atoms with Gasteiger partial charge in [0.1, 0.15) is 0 Å². The highest BCUT2D eigenvalue weighted by Gasteiger charge is 2.13. The van der Waals surface area contributed by atoms with Crippen LogP contribution in [-0.2, 0) is 17.8 Å². The second-order valence-corrected chi connectivity index (χ2v) is 7.97. The molecule has 2 aliphatic rings. The lowest BCUT2D eigenvalue weighted by molar-refractivity contribution is 0.0389. The lowest BCUT2D eigenvalue weighted by Gasteiger charge is -2.32. The van der Waals surface area contributed by atoms with Gasteiger partial charge < -0.3 is 20.3 Å². The average molecular weight is 403 g/mol. The Labute approximate surface area is 176 Å². The van der Waals surface area contributed by atoms with Crippen molar-refractivity contribution in [1.82, 2.24) is 25.3 Å². The van der Waals surface area contributed by atoms with E-state index in [-0.39, 0.29) is 0 Å². The van der Waals surface area contributed by atoms with Gasteiger partial charge in [-0.2, -0.15) is 0 Å². The molecule has 162 valence electrons. The summed E-state index contributed by atoms with van der Waals surface area (Å²) < 4.78 is 5.41. The molecule has 2 saturated heterocycles. The summed E-state index contributed by atoms with van der Waals surface area (Å²) in [7, 11) is 2.20. The van der Waals surface area contributed by atoms with Crippen LogP contribution >= 0.6 is 0 Å². The predicted octanol–water partition coefficient (Wildman–Crippen LogP) is 0.821. The third kappa shape index (κ3) is 7.93. The van der Waals surface area contributed by atoms with E-state index in [4.69, 9.17) is 9.73 Å². The number of rotatable bonds is 8. The van der Waals surface area contributed by atoms with Crippen molar-refractivity contribution in [3.63, 3.8) is 0 Å². The van der Waals surface area contributed by atoms with Crippen LogP contribution in [-0.4, -0.2) is 99.8 Å². The smallest absolute Gasteiger partial charge is 0.191 e. The second kappa shape index (κ2) is 12.1. The highest BCUT2D eigenvalue weighted by Crippen LogP contribution is 2.10. The van der Waals surface area contributed by atoms with Crippen molar-refractivity contribution in [3.05, 3.63) is 35.4 Å². The maximum Gasteiger partial charge on any atom is 0.191 e. The van der Waals surface area contributed by atoms with E-state index in [9.17, 15) is 0 Å². The first-order valence-corrected chi connectivity index (χ1v) is 11.0. The van der Waals surface area contributed by atoms with Crippen molar-refractivity contribution in [2.24, 2.45) is 4.99 Å². The van der Waals surface area contributed by atoms with E-state index in [0.717, 1.165) is 71.5 Å². The molecule has 0 aliphatic carbocycles. The van der Waals surface area contributed by atoms with Gasteiger partial charge in [0, 0.05) is 65.4 Å². The van der Waals surface area contributed by atoms with Gasteiger partial charge >= 0.3 is 0 Å². The van der Waals surface area contributed by atoms with Gasteiger partial charge in [0.25, 0.3) is 0 Å². The number of likely N-dealkylation sites (N-methyl/N-ethyl adjacent to an activating group) is 1. The van der Waals surface area contributed by atoms with Crippen LogP contribution in [0.4, 0.5) is 0 Å². The SMILES string of the molecule is CCNC(=NCc1ccc(CN2CCN(C)CC2)cc1)NCCN1CCOCC1. The third-order valence-electron chi connectivity index (χ3n) is 5.61. The summed E-state index contributed by atoms with van der Waals surface area (Å²) in [5.41, 5.74) is 2.63. The van der Waals surface area contributed by atoms with Gasteiger partial charge in [-0.05, 0) is 25.1 Å². The summed E-state index contributed by atoms with van der Waals surface area (Å²) in [5, 5.41) is 6.80. The van der Waals surface area contributed by atoms with Gasteiger partial charge in [0.2, 0.25) is 0 Å². The minimum Gasteiger partial charge on any atom is -0.379 e. The van der Waals surface area contributed by atoms with Crippen LogP contribution < -0.4 is 10.6 Å². The van der Waals surface area contributed by atoms with E-state index in [1.54, 1.807) is 0 Å². The van der Waals surface area contributed by atoms with Crippen molar-refractivity contribution in [3.8, 4) is 0 Å². The van der Waals surface area contributed by atoms with Crippen molar-refractivity contribution in [1.29, 1.82) is 0 Å². The number of aliphatic imine (C=N–C) groups is 1. The van der Waals surface area contributed by atoms with Crippen LogP contribution in [0.15, 0.2) is 29.3 Å². The normalized spacial score (nSPS) is 20.0. The summed E-state index contributed by atoms with van der Waals surface area (Å²) in [4.78, 5) is 12.1. The van der Waals surface area contributed by atoms with E-state index < -0.39 is 0 Å².